The number of hydrogen-bond acceptors (Lipinski definition) is 15. The Labute approximate surface area is 523 Å². The van der Waals surface area contributed by atoms with Crippen molar-refractivity contribution in [2.24, 2.45) is 41.4 Å². The Kier molecular flexibility index (Phi) is 33.6. The smallest absolute Gasteiger partial charge is 0.248 e. The standard InChI is InChI=1S/C62H111N11O15/c1-33(2)26-43-59(85)71(19)46(29-36(7)8)54(80)63-40(13)53(79)64-41(14)58(84)70(18)47(30-38(11)32-75)56(82)66-44(27-34(3)4)60(86)72(20)50(37(9)10)62(88)73(21)51(52(78)39(12)24-22-23-25-74)57(83)67-49(42(15)76)61(87)68(16)31-48(77)69(17)45(28-35(5)6)55(81)65-43/h22-23,33-47,49-52,74-76,78H,24-32H2,1-21H3,(H,63,80)(H,64,79)(H,65,81)(H,66,82)(H,67,83)/t38-,39+,40-,41+,42+,43-,44-,45-,46-,47-,49-,50-,51-,52+/m0/s1. The highest BCUT2D eigenvalue weighted by atomic mass is 16.3. The number of carbonyl (C=O) groups is 11. The Hall–Kier alpha value is -6.25. The first-order chi connectivity index (χ1) is 40.7. The summed E-state index contributed by atoms with van der Waals surface area (Å²) in [6.07, 6.45) is -0.00695. The second kappa shape index (κ2) is 37.0. The molecule has 26 heteroatoms. The lowest BCUT2D eigenvalue weighted by Crippen LogP contribution is -2.64. The number of nitrogens with zero attached hydrogens (tertiary/aromatic N) is 6. The highest BCUT2D eigenvalue weighted by molar-refractivity contribution is 5.99. The fourth-order valence-corrected chi connectivity index (χ4v) is 10.7. The molecule has 1 saturated heterocycles. The molecule has 1 aliphatic heterocycles. The third-order valence-electron chi connectivity index (χ3n) is 16.0. The Morgan fingerprint density at radius 2 is 0.875 bits per heavy atom. The number of hydrogen-bond donors (Lipinski definition) is 9. The molecule has 0 aromatic carbocycles. The van der Waals surface area contributed by atoms with Gasteiger partial charge in [-0.3, -0.25) is 52.7 Å². The summed E-state index contributed by atoms with van der Waals surface area (Å²) in [5.41, 5.74) is 0. The van der Waals surface area contributed by atoms with Crippen LogP contribution < -0.4 is 26.6 Å². The molecule has 1 fully saturated rings. The predicted octanol–water partition coefficient (Wildman–Crippen LogP) is 0.232. The van der Waals surface area contributed by atoms with Crippen LogP contribution in [0.5, 0.6) is 0 Å². The minimum Gasteiger partial charge on any atom is -0.396 e. The minimum atomic E-state index is -1.82. The second-order valence-corrected chi connectivity index (χ2v) is 26.4. The molecule has 1 heterocycles. The van der Waals surface area contributed by atoms with Crippen LogP contribution in [0.1, 0.15) is 142 Å². The second-order valence-electron chi connectivity index (χ2n) is 26.4. The first kappa shape index (κ1) is 79.8. The van der Waals surface area contributed by atoms with E-state index in [0.717, 1.165) is 24.5 Å². The number of aliphatic hydroxyl groups is 4. The largest absolute Gasteiger partial charge is 0.396 e. The van der Waals surface area contributed by atoms with Crippen LogP contribution in [0.4, 0.5) is 0 Å². The van der Waals surface area contributed by atoms with E-state index in [1.165, 1.54) is 74.0 Å². The molecule has 88 heavy (non-hydrogen) atoms. The number of rotatable bonds is 18. The van der Waals surface area contributed by atoms with E-state index in [1.54, 1.807) is 47.6 Å². The zero-order valence-electron chi connectivity index (χ0n) is 56.5. The maximum absolute atomic E-state index is 15.1. The van der Waals surface area contributed by atoms with Crippen molar-refractivity contribution < 1.29 is 73.2 Å². The summed E-state index contributed by atoms with van der Waals surface area (Å²) in [5.74, 6) is -11.7. The molecule has 1 rings (SSSR count). The van der Waals surface area contributed by atoms with Gasteiger partial charge in [0.05, 0.1) is 25.4 Å². The van der Waals surface area contributed by atoms with E-state index in [9.17, 15) is 68.4 Å². The van der Waals surface area contributed by atoms with Crippen molar-refractivity contribution >= 4 is 65.0 Å². The van der Waals surface area contributed by atoms with Crippen LogP contribution in [0.3, 0.4) is 0 Å². The number of nitrogens with one attached hydrogen (secondary N) is 5. The molecule has 0 spiro atoms. The van der Waals surface area contributed by atoms with Crippen LogP contribution in [0.2, 0.25) is 0 Å². The summed E-state index contributed by atoms with van der Waals surface area (Å²) < 4.78 is 0. The fraction of sp³-hybridized carbons (Fsp3) is 0.790. The van der Waals surface area contributed by atoms with Crippen LogP contribution in [0, 0.1) is 41.4 Å². The van der Waals surface area contributed by atoms with Crippen molar-refractivity contribution in [2.45, 2.75) is 215 Å². The van der Waals surface area contributed by atoms with Crippen LogP contribution >= 0.6 is 0 Å². The van der Waals surface area contributed by atoms with Gasteiger partial charge in [0.1, 0.15) is 60.4 Å². The topological polar surface area (TPSA) is 348 Å². The van der Waals surface area contributed by atoms with Crippen molar-refractivity contribution in [3.8, 4) is 0 Å². The van der Waals surface area contributed by atoms with Gasteiger partial charge in [0.15, 0.2) is 0 Å². The molecule has 0 unspecified atom stereocenters. The highest BCUT2D eigenvalue weighted by Gasteiger charge is 2.45. The summed E-state index contributed by atoms with van der Waals surface area (Å²) in [6, 6.07) is -13.8. The van der Waals surface area contributed by atoms with Gasteiger partial charge in [-0.25, -0.2) is 0 Å². The van der Waals surface area contributed by atoms with Crippen molar-refractivity contribution in [3.05, 3.63) is 12.2 Å². The van der Waals surface area contributed by atoms with Gasteiger partial charge in [-0.05, 0) is 101 Å². The molecule has 0 aromatic rings. The summed E-state index contributed by atoms with van der Waals surface area (Å²) in [4.78, 5) is 166. The summed E-state index contributed by atoms with van der Waals surface area (Å²) in [5, 5.41) is 56.3. The third-order valence-corrected chi connectivity index (χ3v) is 16.0. The minimum absolute atomic E-state index is 0.0293. The maximum atomic E-state index is 15.1. The number of aliphatic hydroxyl groups excluding tert-OH is 4. The lowest BCUT2D eigenvalue weighted by atomic mass is 9.91. The SMILES string of the molecule is CC(C)C[C@@H]1NC(=O)[C@H](C[C@H](C)CO)N(C)C(=O)[C@@H](C)NC(=O)[C@H](C)NC(=O)[C@H](CC(C)C)N(C)C(=O)[C@H](CC(C)C)NC(=O)[C@H](CC(C)C)N(C)C(=O)CN(C)C(=O)[C@H]([C@@H](C)O)NC(=O)[C@H]([C@H](O)[C@H](C)CC=CCO)N(C)C(=O)[C@H](C(C)C)N(C)C1=O. The molecule has 0 aromatic heterocycles. The maximum Gasteiger partial charge on any atom is 0.248 e. The average Bonchev–Trinajstić information content (AvgIpc) is 3.63. The van der Waals surface area contributed by atoms with Crippen molar-refractivity contribution in [3.63, 3.8) is 0 Å². The fourth-order valence-electron chi connectivity index (χ4n) is 10.7. The van der Waals surface area contributed by atoms with Crippen LogP contribution in [-0.4, -0.2) is 249 Å². The predicted molar refractivity (Wildman–Crippen MR) is 333 cm³/mol. The quantitative estimate of drug-likeness (QED) is 0.0830. The van der Waals surface area contributed by atoms with Gasteiger partial charge in [-0.1, -0.05) is 95.2 Å². The van der Waals surface area contributed by atoms with Gasteiger partial charge in [0.2, 0.25) is 65.0 Å². The lowest BCUT2D eigenvalue weighted by molar-refractivity contribution is -0.155. The van der Waals surface area contributed by atoms with E-state index in [4.69, 9.17) is 0 Å². The monoisotopic (exact) mass is 1250 g/mol. The molecular formula is C62H111N11O15. The first-order valence-corrected chi connectivity index (χ1v) is 31.0. The Morgan fingerprint density at radius 3 is 1.32 bits per heavy atom. The summed E-state index contributed by atoms with van der Waals surface area (Å²) in [6.45, 7) is 23.7. The molecule has 9 N–H and O–H groups in total. The molecule has 26 nitrogen and oxygen atoms in total. The summed E-state index contributed by atoms with van der Waals surface area (Å²) in [7, 11) is 7.91. The Bertz CT molecular complexity index is 2390. The number of carbonyl (C=O) groups excluding carboxylic acids is 11. The zero-order valence-corrected chi connectivity index (χ0v) is 56.5. The molecule has 0 radical (unpaired) electrons. The van der Waals surface area contributed by atoms with Gasteiger partial charge >= 0.3 is 0 Å². The Morgan fingerprint density at radius 1 is 0.455 bits per heavy atom. The van der Waals surface area contributed by atoms with E-state index >= 15 is 4.79 Å². The molecule has 1 aliphatic rings. The van der Waals surface area contributed by atoms with Crippen molar-refractivity contribution in [1.82, 2.24) is 56.0 Å². The van der Waals surface area contributed by atoms with Crippen molar-refractivity contribution in [2.75, 3.05) is 62.0 Å². The number of amides is 11. The van der Waals surface area contributed by atoms with Crippen LogP contribution in [0.25, 0.3) is 0 Å². The van der Waals surface area contributed by atoms with Gasteiger partial charge in [-0.2, -0.15) is 0 Å². The van der Waals surface area contributed by atoms with Gasteiger partial charge in [0.25, 0.3) is 0 Å². The van der Waals surface area contributed by atoms with Gasteiger partial charge in [-0.15, -0.1) is 0 Å². The van der Waals surface area contributed by atoms with E-state index in [2.05, 4.69) is 26.6 Å². The summed E-state index contributed by atoms with van der Waals surface area (Å²) >= 11 is 0. The molecule has 14 atom stereocenters. The van der Waals surface area contributed by atoms with Crippen molar-refractivity contribution in [1.29, 1.82) is 0 Å². The number of allylic oxidation sites excluding steroid dienone is 1. The lowest BCUT2D eigenvalue weighted by Gasteiger charge is -2.40. The third kappa shape index (κ3) is 23.6. The highest BCUT2D eigenvalue weighted by Crippen LogP contribution is 2.24. The molecule has 504 valence electrons. The van der Waals surface area contributed by atoms with E-state index in [-0.39, 0.29) is 75.4 Å². The first-order valence-electron chi connectivity index (χ1n) is 31.0. The molecule has 0 bridgehead atoms. The van der Waals surface area contributed by atoms with Crippen LogP contribution in [0.15, 0.2) is 12.2 Å². The van der Waals surface area contributed by atoms with Gasteiger partial charge in [0, 0.05) is 48.9 Å². The van der Waals surface area contributed by atoms with Crippen LogP contribution in [-0.2, 0) is 52.7 Å². The zero-order chi connectivity index (χ0) is 68.1. The molecule has 0 aliphatic carbocycles. The van der Waals surface area contributed by atoms with E-state index in [1.807, 2.05) is 41.5 Å². The average molecular weight is 1250 g/mol. The normalized spacial score (nSPS) is 27.0. The Balaban J connectivity index is 4.37. The van der Waals surface area contributed by atoms with Gasteiger partial charge < -0.3 is 76.4 Å². The van der Waals surface area contributed by atoms with E-state index < -0.39 is 162 Å². The molecule has 0 saturated carbocycles. The van der Waals surface area contributed by atoms with E-state index in [0.29, 0.717) is 0 Å². The molecular weight excluding hydrogens is 1140 g/mol. The number of likely N-dealkylation sites (N-methyl/N-ethyl adjacent to an activating group) is 6. The molecule has 11 amide bonds.